The van der Waals surface area contributed by atoms with Crippen LogP contribution >= 0.6 is 0 Å². The quantitative estimate of drug-likeness (QED) is 0.387. The van der Waals surface area contributed by atoms with Crippen LogP contribution in [0.1, 0.15) is 33.9 Å². The Hall–Kier alpha value is -3.92. The summed E-state index contributed by atoms with van der Waals surface area (Å²) in [6.07, 6.45) is 5.73. The minimum absolute atomic E-state index is 0.172. The molecule has 0 saturated heterocycles. The van der Waals surface area contributed by atoms with E-state index in [1.807, 2.05) is 92.7 Å². The SMILES string of the molecule is Cc1ccc([C@H](CNC(=O)/C=C/c2ccccc2)OC(=O)/C=C/c2ccccc2)cc1C. The van der Waals surface area contributed by atoms with E-state index in [1.54, 1.807) is 12.2 Å². The van der Waals surface area contributed by atoms with Crippen molar-refractivity contribution in [2.24, 2.45) is 0 Å². The fraction of sp³-hybridized carbons (Fsp3) is 0.143. The second kappa shape index (κ2) is 11.5. The molecule has 1 amide bonds. The molecule has 3 aromatic carbocycles. The largest absolute Gasteiger partial charge is 0.452 e. The van der Waals surface area contributed by atoms with E-state index < -0.39 is 12.1 Å². The molecule has 0 saturated carbocycles. The van der Waals surface area contributed by atoms with Crippen molar-refractivity contribution in [2.75, 3.05) is 6.54 Å². The molecule has 3 rings (SSSR count). The summed E-state index contributed by atoms with van der Waals surface area (Å²) in [5.74, 6) is -0.718. The number of rotatable bonds is 8. The Kier molecular flexibility index (Phi) is 8.15. The minimum Gasteiger partial charge on any atom is -0.452 e. The van der Waals surface area contributed by atoms with Gasteiger partial charge in [-0.3, -0.25) is 4.79 Å². The van der Waals surface area contributed by atoms with Crippen LogP contribution in [-0.4, -0.2) is 18.4 Å². The van der Waals surface area contributed by atoms with Gasteiger partial charge in [-0.25, -0.2) is 4.79 Å². The third-order valence-corrected chi connectivity index (χ3v) is 5.06. The number of nitrogens with one attached hydrogen (secondary N) is 1. The zero-order chi connectivity index (χ0) is 22.8. The molecule has 4 nitrogen and oxygen atoms in total. The van der Waals surface area contributed by atoms with E-state index in [-0.39, 0.29) is 12.5 Å². The number of hydrogen-bond acceptors (Lipinski definition) is 3. The summed E-state index contributed by atoms with van der Waals surface area (Å²) in [4.78, 5) is 24.8. The van der Waals surface area contributed by atoms with Crippen LogP contribution in [0.2, 0.25) is 0 Å². The molecule has 0 fully saturated rings. The van der Waals surface area contributed by atoms with Gasteiger partial charge in [-0.15, -0.1) is 0 Å². The number of hydrogen-bond donors (Lipinski definition) is 1. The van der Waals surface area contributed by atoms with Crippen molar-refractivity contribution in [2.45, 2.75) is 20.0 Å². The van der Waals surface area contributed by atoms with E-state index >= 15 is 0 Å². The molecular weight excluding hydrogens is 398 g/mol. The van der Waals surface area contributed by atoms with Gasteiger partial charge in [-0.1, -0.05) is 78.9 Å². The summed E-state index contributed by atoms with van der Waals surface area (Å²) in [5, 5.41) is 2.84. The Morgan fingerprint density at radius 1 is 0.812 bits per heavy atom. The lowest BCUT2D eigenvalue weighted by Crippen LogP contribution is -2.29. The van der Waals surface area contributed by atoms with Crippen molar-refractivity contribution in [3.8, 4) is 0 Å². The summed E-state index contributed by atoms with van der Waals surface area (Å²) >= 11 is 0. The summed E-state index contributed by atoms with van der Waals surface area (Å²) in [7, 11) is 0. The molecule has 0 spiro atoms. The van der Waals surface area contributed by atoms with Gasteiger partial charge in [0.2, 0.25) is 5.91 Å². The molecule has 1 atom stereocenters. The Balaban J connectivity index is 1.68. The van der Waals surface area contributed by atoms with E-state index in [2.05, 4.69) is 5.32 Å². The molecule has 0 radical (unpaired) electrons. The maximum atomic E-state index is 12.5. The standard InChI is InChI=1S/C28H27NO3/c1-21-13-16-25(19-22(21)2)26(32-28(31)18-15-24-11-7-4-8-12-24)20-29-27(30)17-14-23-9-5-3-6-10-23/h3-19,26H,20H2,1-2H3,(H,29,30)/b17-14+,18-15+/t26-/m0/s1. The molecule has 3 aromatic rings. The predicted molar refractivity (Wildman–Crippen MR) is 129 cm³/mol. The van der Waals surface area contributed by atoms with E-state index in [0.29, 0.717) is 0 Å². The third kappa shape index (κ3) is 7.10. The number of esters is 1. The summed E-state index contributed by atoms with van der Waals surface area (Å²) in [6, 6.07) is 25.0. The molecule has 4 heteroatoms. The zero-order valence-electron chi connectivity index (χ0n) is 18.3. The number of carbonyl (C=O) groups is 2. The number of benzene rings is 3. The van der Waals surface area contributed by atoms with Crippen molar-refractivity contribution in [3.05, 3.63) is 119 Å². The predicted octanol–water partition coefficient (Wildman–Crippen LogP) is 5.43. The Morgan fingerprint density at radius 3 is 2.00 bits per heavy atom. The zero-order valence-corrected chi connectivity index (χ0v) is 18.3. The second-order valence-corrected chi connectivity index (χ2v) is 7.50. The Bertz CT molecular complexity index is 1100. The molecule has 1 N–H and O–H groups in total. The maximum absolute atomic E-state index is 12.5. The highest BCUT2D eigenvalue weighted by Crippen LogP contribution is 2.21. The average molecular weight is 426 g/mol. The van der Waals surface area contributed by atoms with Crippen LogP contribution in [0.4, 0.5) is 0 Å². The molecule has 32 heavy (non-hydrogen) atoms. The van der Waals surface area contributed by atoms with E-state index in [0.717, 1.165) is 27.8 Å². The normalized spacial score (nSPS) is 12.1. The van der Waals surface area contributed by atoms with Crippen LogP contribution in [0, 0.1) is 13.8 Å². The smallest absolute Gasteiger partial charge is 0.331 e. The van der Waals surface area contributed by atoms with Gasteiger partial charge in [-0.2, -0.15) is 0 Å². The van der Waals surface area contributed by atoms with Crippen molar-refractivity contribution < 1.29 is 14.3 Å². The molecule has 0 aliphatic rings. The number of carbonyl (C=O) groups excluding carboxylic acids is 2. The van der Waals surface area contributed by atoms with Crippen LogP contribution in [0.15, 0.2) is 91.0 Å². The van der Waals surface area contributed by atoms with Crippen molar-refractivity contribution in [3.63, 3.8) is 0 Å². The summed E-state index contributed by atoms with van der Waals surface area (Å²) in [6.45, 7) is 4.21. The number of ether oxygens (including phenoxy) is 1. The van der Waals surface area contributed by atoms with E-state index in [4.69, 9.17) is 4.74 Å². The monoisotopic (exact) mass is 425 g/mol. The third-order valence-electron chi connectivity index (χ3n) is 5.06. The van der Waals surface area contributed by atoms with Gasteiger partial charge >= 0.3 is 5.97 Å². The minimum atomic E-state index is -0.601. The first-order chi connectivity index (χ1) is 15.5. The van der Waals surface area contributed by atoms with Crippen molar-refractivity contribution in [1.29, 1.82) is 0 Å². The van der Waals surface area contributed by atoms with Crippen molar-refractivity contribution in [1.82, 2.24) is 5.32 Å². The lowest BCUT2D eigenvalue weighted by atomic mass is 10.0. The first-order valence-electron chi connectivity index (χ1n) is 10.5. The fourth-order valence-electron chi connectivity index (χ4n) is 3.09. The molecule has 0 aromatic heterocycles. The van der Waals surface area contributed by atoms with Gasteiger partial charge in [0.05, 0.1) is 6.54 Å². The Labute approximate surface area is 189 Å². The molecule has 162 valence electrons. The highest BCUT2D eigenvalue weighted by atomic mass is 16.5. The molecular formula is C28H27NO3. The molecule has 0 aliphatic heterocycles. The summed E-state index contributed by atoms with van der Waals surface area (Å²) < 4.78 is 5.70. The lowest BCUT2D eigenvalue weighted by molar-refractivity contribution is -0.143. The average Bonchev–Trinajstić information content (AvgIpc) is 2.82. The van der Waals surface area contributed by atoms with Crippen LogP contribution in [0.25, 0.3) is 12.2 Å². The fourth-order valence-corrected chi connectivity index (χ4v) is 3.09. The first-order valence-corrected chi connectivity index (χ1v) is 10.5. The van der Waals surface area contributed by atoms with Gasteiger partial charge in [-0.05, 0) is 53.8 Å². The second-order valence-electron chi connectivity index (χ2n) is 7.50. The highest BCUT2D eigenvalue weighted by molar-refractivity contribution is 5.91. The highest BCUT2D eigenvalue weighted by Gasteiger charge is 2.17. The molecule has 0 heterocycles. The van der Waals surface area contributed by atoms with Crippen LogP contribution in [0.3, 0.4) is 0 Å². The molecule has 0 bridgehead atoms. The summed E-state index contributed by atoms with van der Waals surface area (Å²) in [5.41, 5.74) is 4.93. The van der Waals surface area contributed by atoms with E-state index in [9.17, 15) is 9.59 Å². The topological polar surface area (TPSA) is 55.4 Å². The van der Waals surface area contributed by atoms with Gasteiger partial charge in [0, 0.05) is 12.2 Å². The van der Waals surface area contributed by atoms with Crippen LogP contribution in [0.5, 0.6) is 0 Å². The van der Waals surface area contributed by atoms with Crippen molar-refractivity contribution >= 4 is 24.0 Å². The van der Waals surface area contributed by atoms with Gasteiger partial charge in [0.25, 0.3) is 0 Å². The van der Waals surface area contributed by atoms with Crippen LogP contribution < -0.4 is 5.32 Å². The van der Waals surface area contributed by atoms with Crippen LogP contribution in [-0.2, 0) is 14.3 Å². The van der Waals surface area contributed by atoms with Gasteiger partial charge in [0.1, 0.15) is 6.10 Å². The lowest BCUT2D eigenvalue weighted by Gasteiger charge is -2.19. The number of amides is 1. The number of aryl methyl sites for hydroxylation is 2. The van der Waals surface area contributed by atoms with Gasteiger partial charge in [0.15, 0.2) is 0 Å². The molecule has 0 aliphatic carbocycles. The van der Waals surface area contributed by atoms with E-state index in [1.165, 1.54) is 12.2 Å². The molecule has 0 unspecified atom stereocenters. The maximum Gasteiger partial charge on any atom is 0.331 e. The van der Waals surface area contributed by atoms with Gasteiger partial charge < -0.3 is 10.1 Å². The first kappa shape index (κ1) is 22.8. The Morgan fingerprint density at radius 2 is 1.41 bits per heavy atom.